The molecule has 2 aromatic rings. The molecule has 1 saturated heterocycles. The fourth-order valence-electron chi connectivity index (χ4n) is 4.18. The van der Waals surface area contributed by atoms with Crippen molar-refractivity contribution >= 4 is 11.6 Å². The average Bonchev–Trinajstić information content (AvgIpc) is 2.77. The van der Waals surface area contributed by atoms with Crippen LogP contribution in [-0.2, 0) is 11.2 Å². The Labute approximate surface area is 186 Å². The van der Waals surface area contributed by atoms with Gasteiger partial charge in [0.25, 0.3) is 0 Å². The first-order chi connectivity index (χ1) is 15.0. The quantitative estimate of drug-likeness (QED) is 0.528. The number of nitrogens with zero attached hydrogens (tertiary/aromatic N) is 1. The number of ether oxygens (including phenoxy) is 1. The molecular weight excluding hydrogens is 388 g/mol. The number of hydrogen-bond donors (Lipinski definition) is 3. The van der Waals surface area contributed by atoms with Crippen LogP contribution in [0, 0.1) is 0 Å². The number of carbonyl (C=O) groups is 1. The van der Waals surface area contributed by atoms with Crippen LogP contribution in [0.15, 0.2) is 48.5 Å². The van der Waals surface area contributed by atoms with Gasteiger partial charge in [0.1, 0.15) is 38.0 Å². The van der Waals surface area contributed by atoms with Crippen LogP contribution in [0.25, 0.3) is 0 Å². The van der Waals surface area contributed by atoms with Crippen molar-refractivity contribution in [3.05, 3.63) is 59.7 Å². The van der Waals surface area contributed by atoms with Crippen molar-refractivity contribution in [3.8, 4) is 5.75 Å². The summed E-state index contributed by atoms with van der Waals surface area (Å²) in [5.74, 6) is 0.909. The smallest absolute Gasteiger partial charge is 0.224 e. The van der Waals surface area contributed by atoms with Gasteiger partial charge < -0.3 is 24.8 Å². The highest BCUT2D eigenvalue weighted by Crippen LogP contribution is 2.17. The average molecular weight is 427 g/mol. The third-order valence-corrected chi connectivity index (χ3v) is 6.15. The topological polar surface area (TPSA) is 50.4 Å². The minimum atomic E-state index is 0.0678. The summed E-state index contributed by atoms with van der Waals surface area (Å²) in [6.07, 6.45) is 0.390. The van der Waals surface area contributed by atoms with Crippen LogP contribution < -0.4 is 24.8 Å². The van der Waals surface area contributed by atoms with E-state index in [2.05, 4.69) is 55.6 Å². The predicted octanol–water partition coefficient (Wildman–Crippen LogP) is -0.0355. The van der Waals surface area contributed by atoms with Crippen LogP contribution in [0.1, 0.15) is 24.1 Å². The standard InChI is InChI=1S/C25H36N4O2/c1-5-31-23-12-6-20(7-13-23)18-25(30)26-19-24(29-16-14-28(4)15-17-29)21-8-10-22(11-9-21)27(2)3/h6-13,24H,5,14-19H2,1-4H3,(H,26,30)/p+2/t24-/m1/s1. The largest absolute Gasteiger partial charge is 0.494 e. The fraction of sp³-hybridized carbons (Fsp3) is 0.480. The lowest BCUT2D eigenvalue weighted by Gasteiger charge is -2.33. The van der Waals surface area contributed by atoms with Crippen molar-refractivity contribution in [3.63, 3.8) is 0 Å². The van der Waals surface area contributed by atoms with Gasteiger partial charge in [-0.3, -0.25) is 4.79 Å². The number of amides is 1. The van der Waals surface area contributed by atoms with Crippen LogP contribution in [-0.4, -0.2) is 66.4 Å². The van der Waals surface area contributed by atoms with Crippen molar-refractivity contribution in [2.75, 3.05) is 65.4 Å². The molecule has 31 heavy (non-hydrogen) atoms. The lowest BCUT2D eigenvalue weighted by molar-refractivity contribution is -1.02. The lowest BCUT2D eigenvalue weighted by Crippen LogP contribution is -3.27. The molecule has 6 nitrogen and oxygen atoms in total. The van der Waals surface area contributed by atoms with Gasteiger partial charge in [0.05, 0.1) is 26.6 Å². The third kappa shape index (κ3) is 6.71. The number of carbonyl (C=O) groups excluding carboxylic acids is 1. The molecule has 0 spiro atoms. The van der Waals surface area contributed by atoms with Crippen LogP contribution >= 0.6 is 0 Å². The summed E-state index contributed by atoms with van der Waals surface area (Å²) >= 11 is 0. The van der Waals surface area contributed by atoms with E-state index in [1.807, 2.05) is 31.2 Å². The maximum absolute atomic E-state index is 12.7. The maximum atomic E-state index is 12.7. The van der Waals surface area contributed by atoms with E-state index in [1.165, 1.54) is 24.3 Å². The van der Waals surface area contributed by atoms with Crippen LogP contribution in [0.5, 0.6) is 5.75 Å². The number of piperazine rings is 1. The van der Waals surface area contributed by atoms with Crippen molar-refractivity contribution in [2.45, 2.75) is 19.4 Å². The number of likely N-dealkylation sites (N-methyl/N-ethyl adjacent to an activating group) is 1. The molecule has 1 aliphatic heterocycles. The second-order valence-electron chi connectivity index (χ2n) is 8.71. The van der Waals surface area contributed by atoms with Crippen LogP contribution in [0.3, 0.4) is 0 Å². The zero-order valence-electron chi connectivity index (χ0n) is 19.4. The zero-order chi connectivity index (χ0) is 22.2. The molecule has 0 saturated carbocycles. The molecule has 1 heterocycles. The van der Waals surface area contributed by atoms with Gasteiger partial charge in [0.2, 0.25) is 5.91 Å². The van der Waals surface area contributed by atoms with Crippen molar-refractivity contribution in [1.29, 1.82) is 0 Å². The first kappa shape index (κ1) is 23.1. The molecule has 168 valence electrons. The van der Waals surface area contributed by atoms with E-state index in [9.17, 15) is 4.79 Å². The Morgan fingerprint density at radius 2 is 1.68 bits per heavy atom. The predicted molar refractivity (Wildman–Crippen MR) is 125 cm³/mol. The number of hydrogen-bond acceptors (Lipinski definition) is 3. The SMILES string of the molecule is CCOc1ccc(CC(=O)NC[C@H](c2ccc(N(C)C)cc2)[NH+]2CC[NH+](C)CC2)cc1. The molecule has 0 aromatic heterocycles. The van der Waals surface area contributed by atoms with E-state index < -0.39 is 0 Å². The Morgan fingerprint density at radius 3 is 2.26 bits per heavy atom. The fourth-order valence-corrected chi connectivity index (χ4v) is 4.18. The lowest BCUT2D eigenvalue weighted by atomic mass is 10.0. The van der Waals surface area contributed by atoms with Crippen molar-refractivity contribution in [2.24, 2.45) is 0 Å². The molecule has 0 radical (unpaired) electrons. The summed E-state index contributed by atoms with van der Waals surface area (Å²) < 4.78 is 5.48. The summed E-state index contributed by atoms with van der Waals surface area (Å²) in [7, 11) is 6.38. The van der Waals surface area contributed by atoms with Gasteiger partial charge in [-0.1, -0.05) is 24.3 Å². The highest BCUT2D eigenvalue weighted by Gasteiger charge is 2.29. The number of rotatable bonds is 9. The summed E-state index contributed by atoms with van der Waals surface area (Å²) in [4.78, 5) is 17.9. The molecule has 0 aliphatic carbocycles. The number of quaternary nitrogens is 2. The molecule has 0 unspecified atom stereocenters. The van der Waals surface area contributed by atoms with Crippen LogP contribution in [0.4, 0.5) is 5.69 Å². The Balaban J connectivity index is 1.64. The van der Waals surface area contributed by atoms with E-state index in [0.717, 1.165) is 24.4 Å². The summed E-state index contributed by atoms with van der Waals surface area (Å²) in [5, 5.41) is 3.21. The molecule has 1 fully saturated rings. The van der Waals surface area contributed by atoms with E-state index in [-0.39, 0.29) is 11.9 Å². The number of anilines is 1. The van der Waals surface area contributed by atoms with Gasteiger partial charge in [-0.15, -0.1) is 0 Å². The normalized spacial score (nSPS) is 19.5. The molecule has 0 bridgehead atoms. The van der Waals surface area contributed by atoms with Gasteiger partial charge in [-0.2, -0.15) is 0 Å². The number of nitrogens with one attached hydrogen (secondary N) is 3. The molecule has 6 heteroatoms. The van der Waals surface area contributed by atoms with E-state index in [4.69, 9.17) is 4.74 Å². The highest BCUT2D eigenvalue weighted by atomic mass is 16.5. The molecule has 1 amide bonds. The Hall–Kier alpha value is -2.57. The van der Waals surface area contributed by atoms with E-state index in [0.29, 0.717) is 19.6 Å². The Morgan fingerprint density at radius 1 is 1.03 bits per heavy atom. The first-order valence-corrected chi connectivity index (χ1v) is 11.4. The number of benzene rings is 2. The van der Waals surface area contributed by atoms with Crippen molar-refractivity contribution < 1.29 is 19.3 Å². The molecule has 1 atom stereocenters. The maximum Gasteiger partial charge on any atom is 0.224 e. The second-order valence-corrected chi connectivity index (χ2v) is 8.71. The molecular formula is C25H38N4O2+2. The summed E-state index contributed by atoms with van der Waals surface area (Å²) in [6, 6.07) is 16.8. The van der Waals surface area contributed by atoms with Crippen LogP contribution in [0.2, 0.25) is 0 Å². The van der Waals surface area contributed by atoms with Gasteiger partial charge in [0, 0.05) is 25.3 Å². The Kier molecular flexibility index (Phi) is 8.32. The van der Waals surface area contributed by atoms with E-state index >= 15 is 0 Å². The van der Waals surface area contributed by atoms with Gasteiger partial charge in [-0.25, -0.2) is 0 Å². The first-order valence-electron chi connectivity index (χ1n) is 11.4. The van der Waals surface area contributed by atoms with E-state index in [1.54, 1.807) is 9.80 Å². The minimum absolute atomic E-state index is 0.0678. The molecule has 1 aliphatic rings. The minimum Gasteiger partial charge on any atom is -0.494 e. The van der Waals surface area contributed by atoms with Gasteiger partial charge >= 0.3 is 0 Å². The van der Waals surface area contributed by atoms with Crippen molar-refractivity contribution in [1.82, 2.24) is 5.32 Å². The summed E-state index contributed by atoms with van der Waals surface area (Å²) in [6.45, 7) is 7.86. The second kappa shape index (κ2) is 11.2. The highest BCUT2D eigenvalue weighted by molar-refractivity contribution is 5.78. The summed E-state index contributed by atoms with van der Waals surface area (Å²) in [5.41, 5.74) is 3.49. The monoisotopic (exact) mass is 426 g/mol. The molecule has 2 aromatic carbocycles. The van der Waals surface area contributed by atoms with Gasteiger partial charge in [0.15, 0.2) is 0 Å². The third-order valence-electron chi connectivity index (χ3n) is 6.15. The molecule has 3 rings (SSSR count). The van der Waals surface area contributed by atoms with Gasteiger partial charge in [-0.05, 0) is 36.8 Å². The zero-order valence-corrected chi connectivity index (χ0v) is 19.4. The Bertz CT molecular complexity index is 812. The molecule has 3 N–H and O–H groups in total.